The highest BCUT2D eigenvalue weighted by atomic mass is 16.5. The van der Waals surface area contributed by atoms with Gasteiger partial charge in [-0.25, -0.2) is 0 Å². The summed E-state index contributed by atoms with van der Waals surface area (Å²) in [5.41, 5.74) is 4.67. The fourth-order valence-corrected chi connectivity index (χ4v) is 3.39. The number of carbonyl (C=O) groups excluding carboxylic acids is 1. The number of aryl methyl sites for hydroxylation is 2. The minimum Gasteiger partial charge on any atom is -0.484 e. The second-order valence-electron chi connectivity index (χ2n) is 7.14. The first-order chi connectivity index (χ1) is 12.6. The Morgan fingerprint density at radius 2 is 1.85 bits per heavy atom. The van der Waals surface area contributed by atoms with E-state index in [4.69, 9.17) is 4.74 Å². The molecule has 26 heavy (non-hydrogen) atoms. The number of likely N-dealkylation sites (tertiary alicyclic amines) is 1. The maximum Gasteiger partial charge on any atom is 0.258 e. The Morgan fingerprint density at radius 3 is 2.62 bits per heavy atom. The molecule has 1 N–H and O–H groups in total. The number of carbonyl (C=O) groups is 1. The molecule has 138 valence electrons. The smallest absolute Gasteiger partial charge is 0.258 e. The molecule has 0 atom stereocenters. The Morgan fingerprint density at radius 1 is 1.08 bits per heavy atom. The molecule has 1 aliphatic rings. The highest BCUT2D eigenvalue weighted by molar-refractivity contribution is 5.77. The third-order valence-electron chi connectivity index (χ3n) is 4.78. The van der Waals surface area contributed by atoms with E-state index < -0.39 is 0 Å². The number of benzene rings is 2. The van der Waals surface area contributed by atoms with E-state index in [2.05, 4.69) is 40.5 Å². The number of nitrogens with zero attached hydrogens (tertiary/aromatic N) is 1. The highest BCUT2D eigenvalue weighted by Crippen LogP contribution is 2.18. The molecule has 1 heterocycles. The van der Waals surface area contributed by atoms with Crippen LogP contribution in [0.3, 0.4) is 0 Å². The lowest BCUT2D eigenvalue weighted by Crippen LogP contribution is -2.28. The molecule has 0 saturated carbocycles. The minimum absolute atomic E-state index is 0.0391. The summed E-state index contributed by atoms with van der Waals surface area (Å²) in [6.45, 7) is 7.98. The lowest BCUT2D eigenvalue weighted by Gasteiger charge is -2.15. The largest absolute Gasteiger partial charge is 0.484 e. The molecule has 0 spiro atoms. The number of hydrogen-bond acceptors (Lipinski definition) is 3. The molecule has 3 rings (SSSR count). The molecule has 4 nitrogen and oxygen atoms in total. The zero-order valence-electron chi connectivity index (χ0n) is 15.8. The lowest BCUT2D eigenvalue weighted by atomic mass is 10.1. The van der Waals surface area contributed by atoms with Crippen LogP contribution in [0.15, 0.2) is 42.5 Å². The minimum atomic E-state index is -0.102. The third-order valence-corrected chi connectivity index (χ3v) is 4.78. The maximum absolute atomic E-state index is 12.1. The molecule has 4 heteroatoms. The van der Waals surface area contributed by atoms with Gasteiger partial charge in [0.05, 0.1) is 0 Å². The predicted octanol–water partition coefficient (Wildman–Crippen LogP) is 3.59. The summed E-state index contributed by atoms with van der Waals surface area (Å²) in [6.07, 6.45) is 2.60. The van der Waals surface area contributed by atoms with Crippen molar-refractivity contribution in [3.63, 3.8) is 0 Å². The van der Waals surface area contributed by atoms with Crippen LogP contribution in [0.4, 0.5) is 0 Å². The molecule has 0 aliphatic carbocycles. The van der Waals surface area contributed by atoms with Crippen molar-refractivity contribution in [2.75, 3.05) is 19.7 Å². The van der Waals surface area contributed by atoms with Gasteiger partial charge in [-0.05, 0) is 62.5 Å². The SMILES string of the molecule is Cc1ccc(OCC(=O)NCc2cccc(CN3CCCC3)c2)c(C)c1. The third kappa shape index (κ3) is 5.33. The van der Waals surface area contributed by atoms with Crippen LogP contribution in [0.1, 0.15) is 35.1 Å². The van der Waals surface area contributed by atoms with E-state index in [9.17, 15) is 4.79 Å². The summed E-state index contributed by atoms with van der Waals surface area (Å²) >= 11 is 0. The highest BCUT2D eigenvalue weighted by Gasteiger charge is 2.12. The van der Waals surface area contributed by atoms with Gasteiger partial charge in [-0.15, -0.1) is 0 Å². The Kier molecular flexibility index (Phi) is 6.29. The van der Waals surface area contributed by atoms with Crippen molar-refractivity contribution in [3.8, 4) is 5.75 Å². The molecular formula is C22H28N2O2. The Balaban J connectivity index is 1.46. The van der Waals surface area contributed by atoms with Crippen molar-refractivity contribution in [1.82, 2.24) is 10.2 Å². The summed E-state index contributed by atoms with van der Waals surface area (Å²) in [4.78, 5) is 14.6. The van der Waals surface area contributed by atoms with E-state index in [1.165, 1.54) is 37.1 Å². The zero-order valence-corrected chi connectivity index (χ0v) is 15.8. The lowest BCUT2D eigenvalue weighted by molar-refractivity contribution is -0.123. The van der Waals surface area contributed by atoms with Gasteiger partial charge in [-0.2, -0.15) is 0 Å². The Bertz CT molecular complexity index is 752. The van der Waals surface area contributed by atoms with Gasteiger partial charge in [0, 0.05) is 13.1 Å². The molecule has 0 bridgehead atoms. The van der Waals surface area contributed by atoms with Gasteiger partial charge < -0.3 is 10.1 Å². The van der Waals surface area contributed by atoms with Crippen LogP contribution in [-0.4, -0.2) is 30.5 Å². The van der Waals surface area contributed by atoms with Gasteiger partial charge in [0.25, 0.3) is 5.91 Å². The van der Waals surface area contributed by atoms with Crippen LogP contribution in [0, 0.1) is 13.8 Å². The average Bonchev–Trinajstić information content (AvgIpc) is 3.12. The summed E-state index contributed by atoms with van der Waals surface area (Å²) in [5.74, 6) is 0.660. The normalized spacial score (nSPS) is 14.4. The standard InChI is InChI=1S/C22H28N2O2/c1-17-8-9-21(18(2)12-17)26-16-22(25)23-14-19-6-5-7-20(13-19)15-24-10-3-4-11-24/h5-9,12-13H,3-4,10-11,14-16H2,1-2H3,(H,23,25). The van der Waals surface area contributed by atoms with Crippen LogP contribution >= 0.6 is 0 Å². The summed E-state index contributed by atoms with van der Waals surface area (Å²) in [6, 6.07) is 14.4. The first-order valence-corrected chi connectivity index (χ1v) is 9.37. The Labute approximate surface area is 156 Å². The number of ether oxygens (including phenoxy) is 1. The van der Waals surface area contributed by atoms with Crippen molar-refractivity contribution >= 4 is 5.91 Å². The fourth-order valence-electron chi connectivity index (χ4n) is 3.39. The van der Waals surface area contributed by atoms with E-state index in [1.54, 1.807) is 0 Å². The zero-order chi connectivity index (χ0) is 18.4. The van der Waals surface area contributed by atoms with E-state index in [-0.39, 0.29) is 12.5 Å². The van der Waals surface area contributed by atoms with Gasteiger partial charge >= 0.3 is 0 Å². The molecule has 1 amide bonds. The molecule has 2 aromatic carbocycles. The van der Waals surface area contributed by atoms with Crippen molar-refractivity contribution in [2.24, 2.45) is 0 Å². The number of hydrogen-bond donors (Lipinski definition) is 1. The number of rotatable bonds is 7. The van der Waals surface area contributed by atoms with Gasteiger partial charge in [0.1, 0.15) is 5.75 Å². The van der Waals surface area contributed by atoms with Crippen molar-refractivity contribution < 1.29 is 9.53 Å². The molecule has 1 aliphatic heterocycles. The predicted molar refractivity (Wildman–Crippen MR) is 104 cm³/mol. The number of amides is 1. The quantitative estimate of drug-likeness (QED) is 0.828. The number of nitrogens with one attached hydrogen (secondary N) is 1. The second kappa shape index (κ2) is 8.86. The van der Waals surface area contributed by atoms with E-state index in [0.717, 1.165) is 23.4 Å². The first kappa shape index (κ1) is 18.5. The summed E-state index contributed by atoms with van der Waals surface area (Å²) < 4.78 is 5.64. The van der Waals surface area contributed by atoms with Crippen molar-refractivity contribution in [1.29, 1.82) is 0 Å². The van der Waals surface area contributed by atoms with Crippen LogP contribution in [0.25, 0.3) is 0 Å². The van der Waals surface area contributed by atoms with Crippen molar-refractivity contribution in [2.45, 2.75) is 39.8 Å². The maximum atomic E-state index is 12.1. The fraction of sp³-hybridized carbons (Fsp3) is 0.409. The molecule has 1 saturated heterocycles. The van der Waals surface area contributed by atoms with Gasteiger partial charge in [0.15, 0.2) is 6.61 Å². The summed E-state index contributed by atoms with van der Waals surface area (Å²) in [5, 5.41) is 2.94. The van der Waals surface area contributed by atoms with Crippen LogP contribution in [-0.2, 0) is 17.9 Å². The monoisotopic (exact) mass is 352 g/mol. The Hall–Kier alpha value is -2.33. The van der Waals surface area contributed by atoms with E-state index in [0.29, 0.717) is 6.54 Å². The van der Waals surface area contributed by atoms with Gasteiger partial charge in [0.2, 0.25) is 0 Å². The second-order valence-corrected chi connectivity index (χ2v) is 7.14. The van der Waals surface area contributed by atoms with E-state index >= 15 is 0 Å². The van der Waals surface area contributed by atoms with Crippen LogP contribution < -0.4 is 10.1 Å². The van der Waals surface area contributed by atoms with Crippen molar-refractivity contribution in [3.05, 3.63) is 64.7 Å². The van der Waals surface area contributed by atoms with E-state index in [1.807, 2.05) is 26.0 Å². The molecule has 0 aromatic heterocycles. The summed E-state index contributed by atoms with van der Waals surface area (Å²) in [7, 11) is 0. The molecule has 0 radical (unpaired) electrons. The first-order valence-electron chi connectivity index (χ1n) is 9.37. The molecular weight excluding hydrogens is 324 g/mol. The molecule has 2 aromatic rings. The van der Waals surface area contributed by atoms with Crippen LogP contribution in [0.2, 0.25) is 0 Å². The molecule has 1 fully saturated rings. The van der Waals surface area contributed by atoms with Gasteiger partial charge in [-0.3, -0.25) is 9.69 Å². The average molecular weight is 352 g/mol. The topological polar surface area (TPSA) is 41.6 Å². The van der Waals surface area contributed by atoms with Gasteiger partial charge in [-0.1, -0.05) is 42.0 Å². The van der Waals surface area contributed by atoms with Crippen LogP contribution in [0.5, 0.6) is 5.75 Å². The molecule has 0 unspecified atom stereocenters.